The van der Waals surface area contributed by atoms with E-state index >= 15 is 0 Å². The maximum atomic E-state index is 13.2. The van der Waals surface area contributed by atoms with E-state index in [0.29, 0.717) is 54.7 Å². The van der Waals surface area contributed by atoms with Crippen molar-refractivity contribution in [3.05, 3.63) is 75.9 Å². The molecule has 4 aromatic rings. The number of aliphatic carboxylic acids is 1. The third kappa shape index (κ3) is 4.56. The molecule has 3 atom stereocenters. The first-order valence-electron chi connectivity index (χ1n) is 13.0. The molecule has 2 N–H and O–H groups in total. The summed E-state index contributed by atoms with van der Waals surface area (Å²) in [7, 11) is 3.01. The number of carbonyl (C=O) groups excluding carboxylic acids is 2. The molecule has 0 spiro atoms. The van der Waals surface area contributed by atoms with Crippen LogP contribution < -0.4 is 14.8 Å². The van der Waals surface area contributed by atoms with Crippen LogP contribution >= 0.6 is 23.2 Å². The smallest absolute Gasteiger partial charge is 0.306 e. The Morgan fingerprint density at radius 3 is 2.21 bits per heavy atom. The summed E-state index contributed by atoms with van der Waals surface area (Å²) in [6, 6.07) is 12.4. The zero-order valence-electron chi connectivity index (χ0n) is 22.4. The lowest BCUT2D eigenvalue weighted by molar-refractivity contribution is -0.141. The van der Waals surface area contributed by atoms with Crippen molar-refractivity contribution in [2.45, 2.75) is 24.9 Å². The van der Waals surface area contributed by atoms with E-state index in [1.54, 1.807) is 42.6 Å². The number of amides is 2. The van der Waals surface area contributed by atoms with Crippen LogP contribution in [0, 0.1) is 5.92 Å². The third-order valence-electron chi connectivity index (χ3n) is 7.79. The first-order chi connectivity index (χ1) is 20.2. The Morgan fingerprint density at radius 2 is 1.62 bits per heavy atom. The molecule has 10 nitrogen and oxygen atoms in total. The van der Waals surface area contributed by atoms with Crippen LogP contribution in [0.5, 0.6) is 11.5 Å². The van der Waals surface area contributed by atoms with Crippen molar-refractivity contribution < 1.29 is 29.0 Å². The minimum absolute atomic E-state index is 0.126. The Bertz CT molecular complexity index is 1720. The summed E-state index contributed by atoms with van der Waals surface area (Å²) < 4.78 is 10.8. The Hall–Kier alpha value is -4.41. The second-order valence-electron chi connectivity index (χ2n) is 10.1. The van der Waals surface area contributed by atoms with Crippen LogP contribution in [-0.4, -0.2) is 64.1 Å². The minimum atomic E-state index is -0.987. The number of ether oxygens (including phenoxy) is 2. The number of imide groups is 1. The van der Waals surface area contributed by atoms with E-state index in [4.69, 9.17) is 32.7 Å². The predicted molar refractivity (Wildman–Crippen MR) is 157 cm³/mol. The molecule has 6 rings (SSSR count). The van der Waals surface area contributed by atoms with E-state index in [1.807, 2.05) is 12.1 Å². The largest absolute Gasteiger partial charge is 0.495 e. The lowest BCUT2D eigenvalue weighted by Crippen LogP contribution is -2.47. The van der Waals surface area contributed by atoms with E-state index in [9.17, 15) is 19.5 Å². The van der Waals surface area contributed by atoms with Gasteiger partial charge in [0.15, 0.2) is 0 Å². The van der Waals surface area contributed by atoms with Gasteiger partial charge in [0.1, 0.15) is 11.5 Å². The number of hydrogen-bond donors (Lipinski definition) is 2. The average molecular weight is 607 g/mol. The molecule has 12 heteroatoms. The number of fused-ring (bicyclic) bond motifs is 2. The Morgan fingerprint density at radius 1 is 0.976 bits per heavy atom. The van der Waals surface area contributed by atoms with Crippen LogP contribution in [0.4, 0.5) is 5.95 Å². The maximum Gasteiger partial charge on any atom is 0.306 e. The summed E-state index contributed by atoms with van der Waals surface area (Å²) in [5, 5.41) is 14.3. The highest BCUT2D eigenvalue weighted by molar-refractivity contribution is 6.41. The van der Waals surface area contributed by atoms with Gasteiger partial charge < -0.3 is 19.9 Å². The van der Waals surface area contributed by atoms with Gasteiger partial charge in [0.05, 0.1) is 58.9 Å². The van der Waals surface area contributed by atoms with Crippen molar-refractivity contribution in [2.75, 3.05) is 19.5 Å². The van der Waals surface area contributed by atoms with Crippen LogP contribution in [0.3, 0.4) is 0 Å². The van der Waals surface area contributed by atoms with Gasteiger partial charge in [-0.1, -0.05) is 41.4 Å². The molecule has 2 heterocycles. The summed E-state index contributed by atoms with van der Waals surface area (Å²) in [6.07, 6.45) is 1.94. The number of carbonyl (C=O) groups is 3. The van der Waals surface area contributed by atoms with Crippen LogP contribution in [0.2, 0.25) is 10.0 Å². The second-order valence-corrected chi connectivity index (χ2v) is 10.9. The molecular formula is C30H24Cl2N4O6. The Balaban J connectivity index is 1.31. The number of nitrogens with one attached hydrogen (secondary N) is 1. The number of halogens is 2. The molecular weight excluding hydrogens is 583 g/mol. The number of methoxy groups -OCH3 is 2. The van der Waals surface area contributed by atoms with Crippen LogP contribution in [0.1, 0.15) is 33.6 Å². The zero-order valence-corrected chi connectivity index (χ0v) is 23.9. The second kappa shape index (κ2) is 10.8. The third-order valence-corrected chi connectivity index (χ3v) is 8.54. The van der Waals surface area contributed by atoms with Crippen molar-refractivity contribution in [3.8, 4) is 22.6 Å². The summed E-state index contributed by atoms with van der Waals surface area (Å²) in [5.74, 6) is -1.53. The van der Waals surface area contributed by atoms with Gasteiger partial charge in [-0.05, 0) is 42.7 Å². The lowest BCUT2D eigenvalue weighted by Gasteiger charge is -2.28. The Labute approximate surface area is 250 Å². The molecule has 214 valence electrons. The van der Waals surface area contributed by atoms with Gasteiger partial charge in [0, 0.05) is 23.2 Å². The highest BCUT2D eigenvalue weighted by atomic mass is 35.5. The summed E-state index contributed by atoms with van der Waals surface area (Å²) in [4.78, 5) is 48.5. The molecule has 1 saturated carbocycles. The van der Waals surface area contributed by atoms with E-state index in [0.717, 1.165) is 0 Å². The van der Waals surface area contributed by atoms with Crippen molar-refractivity contribution in [3.63, 3.8) is 0 Å². The molecule has 2 aliphatic rings. The first-order valence-corrected chi connectivity index (χ1v) is 13.8. The van der Waals surface area contributed by atoms with Crippen LogP contribution in [-0.2, 0) is 4.79 Å². The number of nitrogens with zero attached hydrogens (tertiary/aromatic N) is 3. The fourth-order valence-electron chi connectivity index (χ4n) is 5.73. The van der Waals surface area contributed by atoms with E-state index in [2.05, 4.69) is 15.3 Å². The monoisotopic (exact) mass is 606 g/mol. The topological polar surface area (TPSA) is 131 Å². The van der Waals surface area contributed by atoms with E-state index < -0.39 is 35.8 Å². The van der Waals surface area contributed by atoms with Crippen molar-refractivity contribution >= 4 is 57.8 Å². The molecule has 2 amide bonds. The van der Waals surface area contributed by atoms with Gasteiger partial charge in [0.25, 0.3) is 11.8 Å². The van der Waals surface area contributed by atoms with Gasteiger partial charge in [-0.3, -0.25) is 19.3 Å². The molecule has 0 saturated heterocycles. The maximum absolute atomic E-state index is 13.2. The quantitative estimate of drug-likeness (QED) is 0.259. The molecule has 0 bridgehead atoms. The molecule has 1 aliphatic heterocycles. The van der Waals surface area contributed by atoms with Crippen molar-refractivity contribution in [1.29, 1.82) is 0 Å². The lowest BCUT2D eigenvalue weighted by atomic mass is 10.0. The highest BCUT2D eigenvalue weighted by Gasteiger charge is 2.48. The molecule has 1 fully saturated rings. The molecule has 1 aromatic heterocycles. The number of anilines is 1. The Kier molecular flexibility index (Phi) is 7.12. The molecule has 1 unspecified atom stereocenters. The fourth-order valence-corrected chi connectivity index (χ4v) is 6.45. The van der Waals surface area contributed by atoms with Crippen molar-refractivity contribution in [2.24, 2.45) is 5.92 Å². The number of carboxylic acids is 1. The number of benzene rings is 3. The summed E-state index contributed by atoms with van der Waals surface area (Å²) in [5.41, 5.74) is 2.46. The normalized spacial score (nSPS) is 19.7. The predicted octanol–water partition coefficient (Wildman–Crippen LogP) is 5.56. The molecule has 0 radical (unpaired) electrons. The number of carboxylic acid groups (broad SMARTS) is 1. The van der Waals surface area contributed by atoms with Crippen LogP contribution in [0.25, 0.3) is 22.0 Å². The highest BCUT2D eigenvalue weighted by Crippen LogP contribution is 2.46. The molecule has 42 heavy (non-hydrogen) atoms. The van der Waals surface area contributed by atoms with E-state index in [1.165, 1.54) is 19.1 Å². The van der Waals surface area contributed by atoms with Crippen molar-refractivity contribution in [1.82, 2.24) is 14.9 Å². The fraction of sp³-hybridized carbons (Fsp3) is 0.233. The van der Waals surface area contributed by atoms with Gasteiger partial charge >= 0.3 is 5.97 Å². The number of hydrogen-bond acceptors (Lipinski definition) is 8. The number of aromatic nitrogens is 2. The standard InChI is InChI=1S/C30H24Cl2N4O6/c1-41-22-12-23(42-2)26(32)24(25(22)31)14-7-8-19-16(9-14)13-33-30(34-19)35-20-10-15(29(39)40)11-21(20)36-27(37)17-5-3-4-6-18(17)28(36)38/h3-9,12-13,15,20-21H,10-11H2,1-2H3,(H,39,40)(H,33,34,35)/t15?,20-,21+/m1/s1. The summed E-state index contributed by atoms with van der Waals surface area (Å²) >= 11 is 13.2. The minimum Gasteiger partial charge on any atom is -0.495 e. The summed E-state index contributed by atoms with van der Waals surface area (Å²) in [6.45, 7) is 0. The average Bonchev–Trinajstić information content (AvgIpc) is 3.51. The van der Waals surface area contributed by atoms with E-state index in [-0.39, 0.29) is 18.8 Å². The van der Waals surface area contributed by atoms with Gasteiger partial charge in [0.2, 0.25) is 5.95 Å². The van der Waals surface area contributed by atoms with Gasteiger partial charge in [-0.15, -0.1) is 0 Å². The van der Waals surface area contributed by atoms with Gasteiger partial charge in [-0.2, -0.15) is 0 Å². The van der Waals surface area contributed by atoms with Gasteiger partial charge in [-0.25, -0.2) is 9.97 Å². The number of rotatable bonds is 7. The van der Waals surface area contributed by atoms with Crippen LogP contribution in [0.15, 0.2) is 54.7 Å². The SMILES string of the molecule is COc1cc(OC)c(Cl)c(-c2ccc3nc(N[C@@H]4CC(C(=O)O)C[C@@H]4N4C(=O)c5ccccc5C4=O)ncc3c2)c1Cl. The first kappa shape index (κ1) is 27.7. The zero-order chi connectivity index (χ0) is 29.7. The molecule has 3 aromatic carbocycles. The molecule has 1 aliphatic carbocycles.